The first-order valence-corrected chi connectivity index (χ1v) is 8.18. The van der Waals surface area contributed by atoms with Crippen LogP contribution in [0.25, 0.3) is 22.3 Å². The van der Waals surface area contributed by atoms with Crippen LogP contribution in [-0.2, 0) is 16.1 Å². The average molecular weight is 392 g/mol. The molecule has 0 aliphatic rings. The van der Waals surface area contributed by atoms with Gasteiger partial charge in [-0.2, -0.15) is 0 Å². The fraction of sp³-hybridized carbons (Fsp3) is 0.158. The standard InChI is InChI=1S/C19H15F3N2O4/c1-2-14(26)27-7-9-16(21)18(24)15-12(25)6-13(28-19(15)17(9)22)8-3-4-11(23)10(20)5-8/h3-6H,2,7,23-24H2,1H3. The first kappa shape index (κ1) is 19.3. The topological polar surface area (TPSA) is 109 Å². The molecule has 28 heavy (non-hydrogen) atoms. The van der Waals surface area contributed by atoms with E-state index < -0.39 is 57.7 Å². The number of carbonyl (C=O) groups excluding carboxylic acids is 1. The molecule has 2 aromatic carbocycles. The maximum atomic E-state index is 14.9. The molecule has 0 unspecified atom stereocenters. The van der Waals surface area contributed by atoms with E-state index in [1.807, 2.05) is 0 Å². The van der Waals surface area contributed by atoms with Crippen molar-refractivity contribution in [2.75, 3.05) is 11.5 Å². The lowest BCUT2D eigenvalue weighted by Gasteiger charge is -2.12. The minimum Gasteiger partial charge on any atom is -0.461 e. The highest BCUT2D eigenvalue weighted by molar-refractivity contribution is 5.91. The molecule has 0 saturated heterocycles. The third kappa shape index (κ3) is 3.26. The quantitative estimate of drug-likeness (QED) is 0.520. The zero-order valence-corrected chi connectivity index (χ0v) is 14.6. The van der Waals surface area contributed by atoms with Crippen LogP contribution in [0.2, 0.25) is 0 Å². The van der Waals surface area contributed by atoms with Gasteiger partial charge in [-0.25, -0.2) is 13.2 Å². The first-order chi connectivity index (χ1) is 13.2. The van der Waals surface area contributed by atoms with Crippen molar-refractivity contribution in [2.24, 2.45) is 0 Å². The zero-order valence-electron chi connectivity index (χ0n) is 14.6. The van der Waals surface area contributed by atoms with E-state index in [0.717, 1.165) is 12.1 Å². The second-order valence-corrected chi connectivity index (χ2v) is 5.95. The van der Waals surface area contributed by atoms with Crippen molar-refractivity contribution in [3.05, 3.63) is 57.5 Å². The van der Waals surface area contributed by atoms with E-state index in [-0.39, 0.29) is 23.4 Å². The van der Waals surface area contributed by atoms with Crippen LogP contribution in [0.15, 0.2) is 33.5 Å². The Morgan fingerprint density at radius 2 is 1.86 bits per heavy atom. The molecular formula is C19H15F3N2O4. The molecule has 0 bridgehead atoms. The minimum atomic E-state index is -1.24. The van der Waals surface area contributed by atoms with Crippen molar-refractivity contribution in [3.8, 4) is 11.3 Å². The van der Waals surface area contributed by atoms with E-state index in [0.29, 0.717) is 0 Å². The van der Waals surface area contributed by atoms with Gasteiger partial charge in [0.2, 0.25) is 0 Å². The van der Waals surface area contributed by atoms with Gasteiger partial charge in [0, 0.05) is 18.1 Å². The first-order valence-electron chi connectivity index (χ1n) is 8.18. The van der Waals surface area contributed by atoms with Gasteiger partial charge in [0.15, 0.2) is 22.6 Å². The average Bonchev–Trinajstić information content (AvgIpc) is 2.67. The number of hydrogen-bond donors (Lipinski definition) is 2. The Morgan fingerprint density at radius 3 is 2.50 bits per heavy atom. The summed E-state index contributed by atoms with van der Waals surface area (Å²) in [4.78, 5) is 23.7. The zero-order chi connectivity index (χ0) is 20.6. The number of carbonyl (C=O) groups is 1. The van der Waals surface area contributed by atoms with Crippen molar-refractivity contribution >= 4 is 28.3 Å². The summed E-state index contributed by atoms with van der Waals surface area (Å²) in [6, 6.07) is 4.57. The third-order valence-electron chi connectivity index (χ3n) is 4.13. The largest absolute Gasteiger partial charge is 0.461 e. The fourth-order valence-electron chi connectivity index (χ4n) is 2.61. The molecule has 4 N–H and O–H groups in total. The Kier molecular flexibility index (Phi) is 5.00. The van der Waals surface area contributed by atoms with E-state index in [9.17, 15) is 22.8 Å². The van der Waals surface area contributed by atoms with E-state index >= 15 is 0 Å². The summed E-state index contributed by atoms with van der Waals surface area (Å²) in [6.45, 7) is 0.787. The molecule has 0 amide bonds. The monoisotopic (exact) mass is 392 g/mol. The van der Waals surface area contributed by atoms with Gasteiger partial charge in [0.05, 0.1) is 22.3 Å². The molecule has 0 spiro atoms. The molecule has 0 saturated carbocycles. The summed E-state index contributed by atoms with van der Waals surface area (Å²) >= 11 is 0. The lowest BCUT2D eigenvalue weighted by Crippen LogP contribution is -2.12. The maximum Gasteiger partial charge on any atom is 0.305 e. The lowest BCUT2D eigenvalue weighted by molar-refractivity contribution is -0.144. The van der Waals surface area contributed by atoms with Crippen molar-refractivity contribution in [1.82, 2.24) is 0 Å². The van der Waals surface area contributed by atoms with Crippen LogP contribution in [0.4, 0.5) is 24.5 Å². The van der Waals surface area contributed by atoms with Crippen LogP contribution >= 0.6 is 0 Å². The van der Waals surface area contributed by atoms with Gasteiger partial charge in [-0.1, -0.05) is 6.92 Å². The Labute approximate surface area is 156 Å². The van der Waals surface area contributed by atoms with Crippen LogP contribution in [0, 0.1) is 17.5 Å². The highest BCUT2D eigenvalue weighted by Gasteiger charge is 2.24. The number of rotatable bonds is 4. The number of halogens is 3. The molecule has 6 nitrogen and oxygen atoms in total. The summed E-state index contributed by atoms with van der Waals surface area (Å²) in [5.74, 6) is -4.05. The predicted molar refractivity (Wildman–Crippen MR) is 96.7 cm³/mol. The summed E-state index contributed by atoms with van der Waals surface area (Å²) < 4.78 is 53.2. The molecule has 9 heteroatoms. The van der Waals surface area contributed by atoms with Crippen LogP contribution in [0.3, 0.4) is 0 Å². The molecule has 0 fully saturated rings. The summed E-state index contributed by atoms with van der Waals surface area (Å²) in [5, 5.41) is -0.500. The number of nitrogen functional groups attached to an aromatic ring is 2. The Bertz CT molecular complexity index is 1160. The van der Waals surface area contributed by atoms with E-state index in [2.05, 4.69) is 0 Å². The minimum absolute atomic E-state index is 0.00817. The molecule has 0 atom stereocenters. The van der Waals surface area contributed by atoms with E-state index in [4.69, 9.17) is 20.6 Å². The number of anilines is 2. The van der Waals surface area contributed by atoms with Crippen molar-refractivity contribution in [2.45, 2.75) is 20.0 Å². The number of esters is 1. The second-order valence-electron chi connectivity index (χ2n) is 5.95. The molecule has 146 valence electrons. The second kappa shape index (κ2) is 7.26. The molecular weight excluding hydrogens is 377 g/mol. The highest BCUT2D eigenvalue weighted by Crippen LogP contribution is 2.32. The Morgan fingerprint density at radius 1 is 1.14 bits per heavy atom. The molecule has 1 heterocycles. The SMILES string of the molecule is CCC(=O)OCc1c(F)c(N)c2c(=O)cc(-c3ccc(N)c(F)c3)oc2c1F. The third-order valence-corrected chi connectivity index (χ3v) is 4.13. The smallest absolute Gasteiger partial charge is 0.305 e. The molecule has 0 radical (unpaired) electrons. The van der Waals surface area contributed by atoms with Crippen molar-refractivity contribution < 1.29 is 27.1 Å². The lowest BCUT2D eigenvalue weighted by atomic mass is 10.1. The highest BCUT2D eigenvalue weighted by atomic mass is 19.1. The van der Waals surface area contributed by atoms with Crippen LogP contribution in [0.1, 0.15) is 18.9 Å². The summed E-state index contributed by atoms with van der Waals surface area (Å²) in [5.41, 5.74) is 8.31. The fourth-order valence-corrected chi connectivity index (χ4v) is 2.61. The van der Waals surface area contributed by atoms with E-state index in [1.54, 1.807) is 0 Å². The van der Waals surface area contributed by atoms with Crippen LogP contribution in [-0.4, -0.2) is 5.97 Å². The maximum absolute atomic E-state index is 14.9. The van der Waals surface area contributed by atoms with E-state index in [1.165, 1.54) is 19.1 Å². The van der Waals surface area contributed by atoms with Crippen molar-refractivity contribution in [1.29, 1.82) is 0 Å². The van der Waals surface area contributed by atoms with Crippen LogP contribution < -0.4 is 16.9 Å². The number of ether oxygens (including phenoxy) is 1. The van der Waals surface area contributed by atoms with Crippen LogP contribution in [0.5, 0.6) is 0 Å². The Hall–Kier alpha value is -3.49. The van der Waals surface area contributed by atoms with Gasteiger partial charge < -0.3 is 20.6 Å². The van der Waals surface area contributed by atoms with Crippen molar-refractivity contribution in [3.63, 3.8) is 0 Å². The molecule has 3 aromatic rings. The van der Waals surface area contributed by atoms with Gasteiger partial charge in [0.1, 0.15) is 18.2 Å². The number of benzene rings is 2. The molecule has 1 aromatic heterocycles. The predicted octanol–water partition coefficient (Wildman–Crippen LogP) is 3.49. The van der Waals surface area contributed by atoms with Gasteiger partial charge in [0.25, 0.3) is 0 Å². The Balaban J connectivity index is 2.23. The summed E-state index contributed by atoms with van der Waals surface area (Å²) in [6.07, 6.45) is 0.00817. The number of fused-ring (bicyclic) bond motifs is 1. The molecule has 0 aliphatic carbocycles. The normalized spacial score (nSPS) is 11.0. The van der Waals surface area contributed by atoms with Gasteiger partial charge in [-0.3, -0.25) is 9.59 Å². The van der Waals surface area contributed by atoms with Gasteiger partial charge in [-0.05, 0) is 18.2 Å². The van der Waals surface area contributed by atoms with Gasteiger partial charge >= 0.3 is 5.97 Å². The molecule has 3 rings (SSSR count). The number of hydrogen-bond acceptors (Lipinski definition) is 6. The number of nitrogens with two attached hydrogens (primary N) is 2. The molecule has 0 aliphatic heterocycles. The van der Waals surface area contributed by atoms with Gasteiger partial charge in [-0.15, -0.1) is 0 Å². The summed E-state index contributed by atoms with van der Waals surface area (Å²) in [7, 11) is 0.